The van der Waals surface area contributed by atoms with Crippen LogP contribution in [0.2, 0.25) is 0 Å². The van der Waals surface area contributed by atoms with Crippen LogP contribution in [0.5, 0.6) is 0 Å². The summed E-state index contributed by atoms with van der Waals surface area (Å²) in [7, 11) is 0. The molecule has 0 heterocycles. The van der Waals surface area contributed by atoms with Crippen molar-refractivity contribution >= 4 is 0 Å². The maximum absolute atomic E-state index is 8.26. The van der Waals surface area contributed by atoms with Crippen LogP contribution in [-0.2, 0) is 18.9 Å². The molecular weight excluding hydrogens is 328 g/mol. The van der Waals surface area contributed by atoms with Crippen LogP contribution < -0.4 is 0 Å². The van der Waals surface area contributed by atoms with Gasteiger partial charge in [-0.15, -0.1) is 0 Å². The van der Waals surface area contributed by atoms with Gasteiger partial charge < -0.3 is 49.6 Å². The van der Waals surface area contributed by atoms with E-state index in [9.17, 15) is 0 Å². The molecule has 0 saturated carbocycles. The lowest BCUT2D eigenvalue weighted by molar-refractivity contribution is 0.0222. The van der Waals surface area contributed by atoms with Gasteiger partial charge in [0.2, 0.25) is 0 Å². The predicted octanol–water partition coefficient (Wildman–Crippen LogP) is -3.02. The minimum absolute atomic E-state index is 0.0278. The summed E-state index contributed by atoms with van der Waals surface area (Å²) in [5, 5.41) is 48.9. The minimum Gasteiger partial charge on any atom is -0.394 e. The van der Waals surface area contributed by atoms with Crippen LogP contribution in [0.3, 0.4) is 0 Å². The van der Waals surface area contributed by atoms with E-state index in [0.29, 0.717) is 52.9 Å². The largest absolute Gasteiger partial charge is 0.394 e. The Balaban J connectivity index is -0.000000283. The molecule has 150 valence electrons. The molecule has 10 nitrogen and oxygen atoms in total. The maximum atomic E-state index is 8.26. The summed E-state index contributed by atoms with van der Waals surface area (Å²) in [4.78, 5) is 0. The molecule has 24 heavy (non-hydrogen) atoms. The Bertz CT molecular complexity index is 148. The van der Waals surface area contributed by atoms with Gasteiger partial charge in [0.05, 0.1) is 92.5 Å². The zero-order chi connectivity index (χ0) is 18.7. The third-order valence-corrected chi connectivity index (χ3v) is 1.79. The first kappa shape index (κ1) is 28.4. The number of ether oxygens (including phenoxy) is 4. The summed E-state index contributed by atoms with van der Waals surface area (Å²) in [5.41, 5.74) is 0. The molecule has 0 aliphatic rings. The second-order valence-electron chi connectivity index (χ2n) is 3.79. The highest BCUT2D eigenvalue weighted by Crippen LogP contribution is 1.76. The number of hydrogen-bond acceptors (Lipinski definition) is 10. The Morgan fingerprint density at radius 1 is 0.292 bits per heavy atom. The molecule has 0 bridgehead atoms. The average Bonchev–Trinajstić information content (AvgIpc) is 2.60. The first-order valence-electron chi connectivity index (χ1n) is 7.71. The molecule has 0 aromatic rings. The van der Waals surface area contributed by atoms with Crippen LogP contribution in [0.1, 0.15) is 0 Å². The van der Waals surface area contributed by atoms with Crippen molar-refractivity contribution in [1.29, 1.82) is 0 Å². The third-order valence-electron chi connectivity index (χ3n) is 1.79. The molecule has 10 heteroatoms. The van der Waals surface area contributed by atoms with E-state index >= 15 is 0 Å². The number of aliphatic hydroxyl groups is 6. The van der Waals surface area contributed by atoms with Crippen molar-refractivity contribution in [2.75, 3.05) is 92.5 Å². The Labute approximate surface area is 143 Å². The zero-order valence-electron chi connectivity index (χ0n) is 14.2. The molecule has 0 aliphatic carbocycles. The van der Waals surface area contributed by atoms with Gasteiger partial charge >= 0.3 is 0 Å². The summed E-state index contributed by atoms with van der Waals surface area (Å²) in [5.74, 6) is 0. The molecule has 0 aromatic carbocycles. The average molecular weight is 362 g/mol. The Morgan fingerprint density at radius 3 is 0.625 bits per heavy atom. The van der Waals surface area contributed by atoms with Gasteiger partial charge in [-0.1, -0.05) is 0 Å². The Hall–Kier alpha value is -0.400. The van der Waals surface area contributed by atoms with Crippen molar-refractivity contribution in [3.05, 3.63) is 0 Å². The fraction of sp³-hybridized carbons (Fsp3) is 1.00. The highest BCUT2D eigenvalue weighted by molar-refractivity contribution is 4.30. The minimum atomic E-state index is 0.0278. The molecule has 0 rings (SSSR count). The van der Waals surface area contributed by atoms with Crippen LogP contribution in [0.4, 0.5) is 0 Å². The fourth-order valence-electron chi connectivity index (χ4n) is 0.913. The van der Waals surface area contributed by atoms with E-state index in [4.69, 9.17) is 40.1 Å². The Kier molecular flexibility index (Phi) is 40.3. The predicted molar refractivity (Wildman–Crippen MR) is 85.8 cm³/mol. The molecule has 0 saturated heterocycles. The first-order valence-corrected chi connectivity index (χ1v) is 7.71. The number of hydrogen-bond donors (Lipinski definition) is 6. The summed E-state index contributed by atoms with van der Waals surface area (Å²) in [6.45, 7) is 3.12. The van der Waals surface area contributed by atoms with Crippen LogP contribution in [0.15, 0.2) is 0 Å². The van der Waals surface area contributed by atoms with Crippen molar-refractivity contribution in [3.8, 4) is 0 Å². The van der Waals surface area contributed by atoms with E-state index in [1.165, 1.54) is 0 Å². The summed E-state index contributed by atoms with van der Waals surface area (Å²) in [6.07, 6.45) is 0. The van der Waals surface area contributed by atoms with Crippen molar-refractivity contribution in [2.45, 2.75) is 0 Å². The standard InChI is InChI=1S/C6H14O4.2C4H10O3/c7-1-3-9-5-6-10-4-2-8;2*5-1-3-7-4-2-6/h7-8H,1-6H2;2*5-6H,1-4H2. The molecule has 0 spiro atoms. The van der Waals surface area contributed by atoms with E-state index in [-0.39, 0.29) is 39.6 Å². The van der Waals surface area contributed by atoms with E-state index in [0.717, 1.165) is 0 Å². The number of aliphatic hydroxyl groups excluding tert-OH is 6. The second kappa shape index (κ2) is 34.0. The number of rotatable bonds is 15. The molecule has 0 fully saturated rings. The third kappa shape index (κ3) is 43.0. The zero-order valence-corrected chi connectivity index (χ0v) is 14.2. The smallest absolute Gasteiger partial charge is 0.0701 e. The van der Waals surface area contributed by atoms with Gasteiger partial charge in [0.15, 0.2) is 0 Å². The summed E-state index contributed by atoms with van der Waals surface area (Å²) in [6, 6.07) is 0. The van der Waals surface area contributed by atoms with Crippen molar-refractivity contribution in [1.82, 2.24) is 0 Å². The van der Waals surface area contributed by atoms with Gasteiger partial charge in [-0.25, -0.2) is 0 Å². The van der Waals surface area contributed by atoms with Crippen LogP contribution in [-0.4, -0.2) is 123 Å². The van der Waals surface area contributed by atoms with Crippen LogP contribution in [0.25, 0.3) is 0 Å². The van der Waals surface area contributed by atoms with Gasteiger partial charge in [-0.2, -0.15) is 0 Å². The molecule has 0 atom stereocenters. The molecular formula is C14H34O10. The van der Waals surface area contributed by atoms with Crippen LogP contribution in [0, 0.1) is 0 Å². The monoisotopic (exact) mass is 362 g/mol. The van der Waals surface area contributed by atoms with E-state index in [1.54, 1.807) is 0 Å². The Morgan fingerprint density at radius 2 is 0.458 bits per heavy atom. The van der Waals surface area contributed by atoms with Crippen molar-refractivity contribution in [2.24, 2.45) is 0 Å². The normalized spacial score (nSPS) is 9.75. The van der Waals surface area contributed by atoms with E-state index in [2.05, 4.69) is 9.47 Å². The van der Waals surface area contributed by atoms with Crippen LogP contribution >= 0.6 is 0 Å². The molecule has 0 aromatic heterocycles. The van der Waals surface area contributed by atoms with Gasteiger partial charge in [-0.05, 0) is 0 Å². The molecule has 0 amide bonds. The first-order chi connectivity index (χ1) is 11.7. The molecule has 0 unspecified atom stereocenters. The molecule has 6 N–H and O–H groups in total. The quantitative estimate of drug-likeness (QED) is 0.166. The van der Waals surface area contributed by atoms with E-state index < -0.39 is 0 Å². The highest BCUT2D eigenvalue weighted by Gasteiger charge is 1.86. The van der Waals surface area contributed by atoms with Gasteiger partial charge in [0.1, 0.15) is 0 Å². The topological polar surface area (TPSA) is 158 Å². The lowest BCUT2D eigenvalue weighted by Crippen LogP contribution is -2.09. The second-order valence-corrected chi connectivity index (χ2v) is 3.79. The fourth-order valence-corrected chi connectivity index (χ4v) is 0.913. The lowest BCUT2D eigenvalue weighted by Gasteiger charge is -2.01. The maximum Gasteiger partial charge on any atom is 0.0701 e. The van der Waals surface area contributed by atoms with Gasteiger partial charge in [0, 0.05) is 0 Å². The van der Waals surface area contributed by atoms with Crippen molar-refractivity contribution in [3.63, 3.8) is 0 Å². The van der Waals surface area contributed by atoms with E-state index in [1.807, 2.05) is 0 Å². The van der Waals surface area contributed by atoms with Gasteiger partial charge in [0.25, 0.3) is 0 Å². The summed E-state index contributed by atoms with van der Waals surface area (Å²) < 4.78 is 19.0. The highest BCUT2D eigenvalue weighted by atomic mass is 16.5. The SMILES string of the molecule is OCCOCCO.OCCOCCO.OCCOCCOCCO. The summed E-state index contributed by atoms with van der Waals surface area (Å²) >= 11 is 0. The molecule has 0 radical (unpaired) electrons. The van der Waals surface area contributed by atoms with Crippen molar-refractivity contribution < 1.29 is 49.6 Å². The lowest BCUT2D eigenvalue weighted by atomic mass is 10.7. The van der Waals surface area contributed by atoms with Gasteiger partial charge in [-0.3, -0.25) is 0 Å². The molecule has 0 aliphatic heterocycles.